The molecule has 2 nitrogen and oxygen atoms in total. The largest absolute Gasteiger partial charge is 0.395 e. The molecule has 1 fully saturated rings. The molecule has 16 heavy (non-hydrogen) atoms. The highest BCUT2D eigenvalue weighted by Crippen LogP contribution is 2.30. The van der Waals surface area contributed by atoms with Crippen molar-refractivity contribution >= 4 is 11.8 Å². The van der Waals surface area contributed by atoms with E-state index in [1.165, 1.54) is 19.3 Å². The minimum absolute atomic E-state index is 0.270. The van der Waals surface area contributed by atoms with Crippen LogP contribution in [0, 0.1) is 11.8 Å². The quantitative estimate of drug-likeness (QED) is 0.780. The number of nitrogens with one attached hydrogen (secondary N) is 1. The summed E-state index contributed by atoms with van der Waals surface area (Å²) in [6.07, 6.45) is 6.09. The molecule has 2 N–H and O–H groups in total. The molecule has 0 bridgehead atoms. The summed E-state index contributed by atoms with van der Waals surface area (Å²) in [5.74, 6) is 1.60. The van der Waals surface area contributed by atoms with Crippen molar-refractivity contribution in [3.05, 3.63) is 0 Å². The highest BCUT2D eigenvalue weighted by Gasteiger charge is 2.29. The molecule has 0 aromatic rings. The van der Waals surface area contributed by atoms with Gasteiger partial charge in [0, 0.05) is 17.3 Å². The average molecular weight is 245 g/mol. The van der Waals surface area contributed by atoms with Crippen molar-refractivity contribution in [3.63, 3.8) is 0 Å². The lowest BCUT2D eigenvalue weighted by molar-refractivity contribution is 0.187. The lowest BCUT2D eigenvalue weighted by Gasteiger charge is -2.37. The molecule has 1 saturated carbocycles. The van der Waals surface area contributed by atoms with Crippen LogP contribution in [0.1, 0.15) is 40.0 Å². The lowest BCUT2D eigenvalue weighted by atomic mass is 9.78. The fraction of sp³-hybridized carbons (Fsp3) is 1.00. The van der Waals surface area contributed by atoms with E-state index in [-0.39, 0.29) is 6.61 Å². The van der Waals surface area contributed by atoms with Crippen LogP contribution in [-0.2, 0) is 0 Å². The Bertz CT molecular complexity index is 196. The Morgan fingerprint density at radius 1 is 1.38 bits per heavy atom. The molecule has 0 heterocycles. The van der Waals surface area contributed by atoms with Crippen LogP contribution in [-0.4, -0.2) is 35.3 Å². The molecule has 0 spiro atoms. The van der Waals surface area contributed by atoms with Crippen LogP contribution in [0.2, 0.25) is 0 Å². The first kappa shape index (κ1) is 14.3. The SMILES string of the molecule is CSC(CO)C(C)NC1CCCC(C)C1C. The van der Waals surface area contributed by atoms with E-state index in [1.807, 2.05) is 0 Å². The smallest absolute Gasteiger partial charge is 0.0564 e. The topological polar surface area (TPSA) is 32.3 Å². The molecule has 3 heteroatoms. The Morgan fingerprint density at radius 2 is 2.06 bits per heavy atom. The van der Waals surface area contributed by atoms with Crippen molar-refractivity contribution < 1.29 is 5.11 Å². The highest BCUT2D eigenvalue weighted by atomic mass is 32.2. The summed E-state index contributed by atoms with van der Waals surface area (Å²) in [5.41, 5.74) is 0. The van der Waals surface area contributed by atoms with Gasteiger partial charge in [-0.25, -0.2) is 0 Å². The van der Waals surface area contributed by atoms with Gasteiger partial charge in [-0.1, -0.05) is 26.7 Å². The Kier molecular flexibility index (Phi) is 6.16. The second kappa shape index (κ2) is 6.87. The molecule has 1 rings (SSSR count). The van der Waals surface area contributed by atoms with E-state index in [0.29, 0.717) is 17.3 Å². The zero-order valence-corrected chi connectivity index (χ0v) is 11.9. The maximum atomic E-state index is 9.28. The minimum Gasteiger partial charge on any atom is -0.395 e. The molecule has 5 atom stereocenters. The maximum Gasteiger partial charge on any atom is 0.0564 e. The van der Waals surface area contributed by atoms with Gasteiger partial charge in [-0.2, -0.15) is 11.8 Å². The van der Waals surface area contributed by atoms with Gasteiger partial charge in [-0.05, 0) is 31.4 Å². The van der Waals surface area contributed by atoms with Gasteiger partial charge in [0.1, 0.15) is 0 Å². The summed E-state index contributed by atoms with van der Waals surface area (Å²) in [6, 6.07) is 1.04. The predicted molar refractivity (Wildman–Crippen MR) is 73.0 cm³/mol. The second-order valence-electron chi connectivity index (χ2n) is 5.29. The second-order valence-corrected chi connectivity index (χ2v) is 6.36. The van der Waals surface area contributed by atoms with E-state index in [9.17, 15) is 5.11 Å². The van der Waals surface area contributed by atoms with Gasteiger partial charge in [-0.3, -0.25) is 0 Å². The van der Waals surface area contributed by atoms with Crippen LogP contribution in [0.25, 0.3) is 0 Å². The summed E-state index contributed by atoms with van der Waals surface area (Å²) in [6.45, 7) is 7.19. The predicted octanol–water partition coefficient (Wildman–Crippen LogP) is 2.51. The Morgan fingerprint density at radius 3 is 2.62 bits per heavy atom. The molecule has 0 aromatic heterocycles. The van der Waals surface area contributed by atoms with E-state index in [4.69, 9.17) is 0 Å². The van der Waals surface area contributed by atoms with Gasteiger partial charge in [0.25, 0.3) is 0 Å². The summed E-state index contributed by atoms with van der Waals surface area (Å²) < 4.78 is 0. The van der Waals surface area contributed by atoms with E-state index >= 15 is 0 Å². The third-order valence-corrected chi connectivity index (χ3v) is 5.39. The van der Waals surface area contributed by atoms with Crippen molar-refractivity contribution in [2.45, 2.75) is 57.4 Å². The van der Waals surface area contributed by atoms with E-state index in [2.05, 4.69) is 32.3 Å². The highest BCUT2D eigenvalue weighted by molar-refractivity contribution is 7.99. The van der Waals surface area contributed by atoms with Crippen LogP contribution >= 0.6 is 11.8 Å². The van der Waals surface area contributed by atoms with Crippen molar-refractivity contribution in [2.75, 3.05) is 12.9 Å². The number of hydrogen-bond donors (Lipinski definition) is 2. The van der Waals surface area contributed by atoms with Crippen LogP contribution in [0.3, 0.4) is 0 Å². The molecule has 0 amide bonds. The van der Waals surface area contributed by atoms with Crippen molar-refractivity contribution in [1.82, 2.24) is 5.32 Å². The van der Waals surface area contributed by atoms with Crippen LogP contribution < -0.4 is 5.32 Å². The van der Waals surface area contributed by atoms with Crippen LogP contribution in [0.15, 0.2) is 0 Å². The van der Waals surface area contributed by atoms with Gasteiger partial charge in [-0.15, -0.1) is 0 Å². The Balaban J connectivity index is 2.45. The molecule has 96 valence electrons. The lowest BCUT2D eigenvalue weighted by Crippen LogP contribution is -2.48. The molecule has 0 aliphatic heterocycles. The molecule has 1 aliphatic carbocycles. The van der Waals surface area contributed by atoms with Gasteiger partial charge in [0.15, 0.2) is 0 Å². The zero-order valence-electron chi connectivity index (χ0n) is 11.1. The first-order chi connectivity index (χ1) is 7.60. The monoisotopic (exact) mass is 245 g/mol. The Hall–Kier alpha value is 0.270. The molecular weight excluding hydrogens is 218 g/mol. The molecule has 5 unspecified atom stereocenters. The number of aliphatic hydroxyl groups excluding tert-OH is 1. The third-order valence-electron chi connectivity index (χ3n) is 4.22. The fourth-order valence-corrected chi connectivity index (χ4v) is 3.33. The van der Waals surface area contributed by atoms with Crippen molar-refractivity contribution in [3.8, 4) is 0 Å². The van der Waals surface area contributed by atoms with Crippen molar-refractivity contribution in [1.29, 1.82) is 0 Å². The number of aliphatic hydroxyl groups is 1. The summed E-state index contributed by atoms with van der Waals surface area (Å²) in [4.78, 5) is 0. The standard InChI is InChI=1S/C13H27NOS/c1-9-6-5-7-12(10(9)2)14-11(3)13(8-15)16-4/h9-15H,5-8H2,1-4H3. The molecular formula is C13H27NOS. The Labute approximate surface area is 105 Å². The van der Waals surface area contributed by atoms with Gasteiger partial charge in [0.05, 0.1) is 6.61 Å². The number of hydrogen-bond acceptors (Lipinski definition) is 3. The van der Waals surface area contributed by atoms with Gasteiger partial charge >= 0.3 is 0 Å². The van der Waals surface area contributed by atoms with E-state index in [0.717, 1.165) is 11.8 Å². The normalized spacial score (nSPS) is 34.7. The zero-order chi connectivity index (χ0) is 12.1. The molecule has 0 radical (unpaired) electrons. The number of thioether (sulfide) groups is 1. The fourth-order valence-electron chi connectivity index (χ4n) is 2.70. The van der Waals surface area contributed by atoms with Crippen LogP contribution in [0.4, 0.5) is 0 Å². The average Bonchev–Trinajstić information content (AvgIpc) is 2.26. The minimum atomic E-state index is 0.270. The summed E-state index contributed by atoms with van der Waals surface area (Å²) in [7, 11) is 0. The molecule has 1 aliphatic rings. The number of rotatable bonds is 5. The van der Waals surface area contributed by atoms with E-state index in [1.54, 1.807) is 11.8 Å². The third kappa shape index (κ3) is 3.64. The van der Waals surface area contributed by atoms with Gasteiger partial charge in [0.2, 0.25) is 0 Å². The molecule has 0 saturated heterocycles. The van der Waals surface area contributed by atoms with Crippen molar-refractivity contribution in [2.24, 2.45) is 11.8 Å². The van der Waals surface area contributed by atoms with E-state index < -0.39 is 0 Å². The maximum absolute atomic E-state index is 9.28. The summed E-state index contributed by atoms with van der Waals surface area (Å²) in [5, 5.41) is 13.3. The first-order valence-corrected chi connectivity index (χ1v) is 7.78. The summed E-state index contributed by atoms with van der Waals surface area (Å²) >= 11 is 1.76. The molecule has 0 aromatic carbocycles. The first-order valence-electron chi connectivity index (χ1n) is 6.49. The van der Waals surface area contributed by atoms with Gasteiger partial charge < -0.3 is 10.4 Å². The van der Waals surface area contributed by atoms with Crippen LogP contribution in [0.5, 0.6) is 0 Å².